The molecule has 1 aromatic heterocycles. The third kappa shape index (κ3) is 3.29. The summed E-state index contributed by atoms with van der Waals surface area (Å²) in [5, 5.41) is 3.19. The van der Waals surface area contributed by atoms with Crippen molar-refractivity contribution in [1.82, 2.24) is 9.97 Å². The van der Waals surface area contributed by atoms with Gasteiger partial charge in [0.1, 0.15) is 5.82 Å². The van der Waals surface area contributed by atoms with Gasteiger partial charge in [0.05, 0.1) is 19.5 Å². The Labute approximate surface area is 106 Å². The number of ether oxygens (including phenoxy) is 1. The molecule has 5 nitrogen and oxygen atoms in total. The molecule has 0 bridgehead atoms. The molecule has 0 unspecified atom stereocenters. The Morgan fingerprint density at radius 2 is 2.33 bits per heavy atom. The standard InChI is InChI=1S/C13H17N3O2/c1-18-13(17)11-8-16-12(9-15-11)14-7-6-10-4-2-3-5-10/h4,8-9H,2-3,5-7H2,1H3,(H,14,16). The molecule has 0 radical (unpaired) electrons. The lowest BCUT2D eigenvalue weighted by atomic mass is 10.2. The van der Waals surface area contributed by atoms with Crippen LogP contribution in [-0.4, -0.2) is 29.6 Å². The van der Waals surface area contributed by atoms with Gasteiger partial charge in [0.15, 0.2) is 5.69 Å². The zero-order valence-electron chi connectivity index (χ0n) is 10.5. The largest absolute Gasteiger partial charge is 0.464 e. The lowest BCUT2D eigenvalue weighted by Gasteiger charge is -2.06. The maximum absolute atomic E-state index is 11.2. The second-order valence-electron chi connectivity index (χ2n) is 4.21. The number of esters is 1. The number of hydrogen-bond donors (Lipinski definition) is 1. The molecule has 0 saturated carbocycles. The lowest BCUT2D eigenvalue weighted by molar-refractivity contribution is 0.0593. The first-order valence-corrected chi connectivity index (χ1v) is 6.12. The highest BCUT2D eigenvalue weighted by molar-refractivity contribution is 5.86. The maximum Gasteiger partial charge on any atom is 0.358 e. The summed E-state index contributed by atoms with van der Waals surface area (Å²) in [6.45, 7) is 0.845. The summed E-state index contributed by atoms with van der Waals surface area (Å²) in [5.74, 6) is 0.214. The SMILES string of the molecule is COC(=O)c1cnc(NCCC2=CCCC2)cn1. The molecule has 0 saturated heterocycles. The second-order valence-corrected chi connectivity index (χ2v) is 4.21. The van der Waals surface area contributed by atoms with Crippen LogP contribution in [0.25, 0.3) is 0 Å². The first kappa shape index (κ1) is 12.5. The van der Waals surface area contributed by atoms with Gasteiger partial charge in [-0.05, 0) is 25.7 Å². The van der Waals surface area contributed by atoms with Crippen LogP contribution in [0.1, 0.15) is 36.2 Å². The number of nitrogens with one attached hydrogen (secondary N) is 1. The van der Waals surface area contributed by atoms with E-state index in [9.17, 15) is 4.79 Å². The molecule has 0 spiro atoms. The number of aromatic nitrogens is 2. The predicted molar refractivity (Wildman–Crippen MR) is 68.4 cm³/mol. The predicted octanol–water partition coefficient (Wildman–Crippen LogP) is 2.18. The van der Waals surface area contributed by atoms with Crippen molar-refractivity contribution < 1.29 is 9.53 Å². The summed E-state index contributed by atoms with van der Waals surface area (Å²) in [4.78, 5) is 19.3. The lowest BCUT2D eigenvalue weighted by Crippen LogP contribution is -2.08. The second kappa shape index (κ2) is 6.14. The van der Waals surface area contributed by atoms with E-state index >= 15 is 0 Å². The van der Waals surface area contributed by atoms with E-state index in [0.717, 1.165) is 13.0 Å². The summed E-state index contributed by atoms with van der Waals surface area (Å²) in [5.41, 5.74) is 1.74. The van der Waals surface area contributed by atoms with Crippen LogP contribution in [0.2, 0.25) is 0 Å². The number of methoxy groups -OCH3 is 1. The molecule has 5 heteroatoms. The minimum absolute atomic E-state index is 0.224. The van der Waals surface area contributed by atoms with Gasteiger partial charge in [-0.3, -0.25) is 0 Å². The average Bonchev–Trinajstić information content (AvgIpc) is 2.92. The van der Waals surface area contributed by atoms with Crippen LogP contribution in [0.3, 0.4) is 0 Å². The molecule has 1 aliphatic carbocycles. The zero-order valence-corrected chi connectivity index (χ0v) is 10.5. The third-order valence-electron chi connectivity index (χ3n) is 2.93. The molecular weight excluding hydrogens is 230 g/mol. The first-order valence-electron chi connectivity index (χ1n) is 6.12. The monoisotopic (exact) mass is 247 g/mol. The number of carbonyl (C=O) groups is 1. The van der Waals surface area contributed by atoms with Gasteiger partial charge >= 0.3 is 5.97 Å². The van der Waals surface area contributed by atoms with Gasteiger partial charge in [-0.1, -0.05) is 11.6 Å². The number of anilines is 1. The van der Waals surface area contributed by atoms with E-state index in [2.05, 4.69) is 26.1 Å². The summed E-state index contributed by atoms with van der Waals surface area (Å²) in [7, 11) is 1.32. The van der Waals surface area contributed by atoms with Gasteiger partial charge < -0.3 is 10.1 Å². The van der Waals surface area contributed by atoms with Crippen molar-refractivity contribution in [3.63, 3.8) is 0 Å². The highest BCUT2D eigenvalue weighted by Crippen LogP contribution is 2.20. The van der Waals surface area contributed by atoms with Crippen molar-refractivity contribution in [2.75, 3.05) is 19.0 Å². The number of allylic oxidation sites excluding steroid dienone is 1. The van der Waals surface area contributed by atoms with E-state index in [1.165, 1.54) is 38.1 Å². The molecule has 0 aromatic carbocycles. The van der Waals surface area contributed by atoms with Crippen molar-refractivity contribution >= 4 is 11.8 Å². The fourth-order valence-electron chi connectivity index (χ4n) is 1.94. The molecule has 1 N–H and O–H groups in total. The van der Waals surface area contributed by atoms with E-state index in [-0.39, 0.29) is 5.69 Å². The van der Waals surface area contributed by atoms with Crippen LogP contribution < -0.4 is 5.32 Å². The fourth-order valence-corrected chi connectivity index (χ4v) is 1.94. The number of rotatable bonds is 5. The molecule has 2 rings (SSSR count). The van der Waals surface area contributed by atoms with Crippen molar-refractivity contribution in [2.45, 2.75) is 25.7 Å². The first-order chi connectivity index (χ1) is 8.79. The third-order valence-corrected chi connectivity index (χ3v) is 2.93. The summed E-state index contributed by atoms with van der Waals surface area (Å²) in [6, 6.07) is 0. The summed E-state index contributed by atoms with van der Waals surface area (Å²) < 4.78 is 4.56. The number of nitrogens with zero attached hydrogens (tertiary/aromatic N) is 2. The highest BCUT2D eigenvalue weighted by Gasteiger charge is 2.07. The van der Waals surface area contributed by atoms with Gasteiger partial charge in [-0.25, -0.2) is 14.8 Å². The van der Waals surface area contributed by atoms with E-state index in [1.807, 2.05) is 0 Å². The van der Waals surface area contributed by atoms with Crippen LogP contribution in [0.4, 0.5) is 5.82 Å². The molecule has 1 aliphatic rings. The average molecular weight is 247 g/mol. The minimum atomic E-state index is -0.467. The van der Waals surface area contributed by atoms with Gasteiger partial charge in [0.25, 0.3) is 0 Å². The zero-order chi connectivity index (χ0) is 12.8. The Hall–Kier alpha value is -1.91. The Morgan fingerprint density at radius 1 is 1.44 bits per heavy atom. The van der Waals surface area contributed by atoms with Crippen LogP contribution in [-0.2, 0) is 4.74 Å². The molecule has 0 amide bonds. The molecule has 0 atom stereocenters. The number of hydrogen-bond acceptors (Lipinski definition) is 5. The van der Waals surface area contributed by atoms with Gasteiger partial charge in [-0.15, -0.1) is 0 Å². The summed E-state index contributed by atoms with van der Waals surface area (Å²) >= 11 is 0. The quantitative estimate of drug-likeness (QED) is 0.638. The van der Waals surface area contributed by atoms with Crippen LogP contribution in [0.15, 0.2) is 24.0 Å². The minimum Gasteiger partial charge on any atom is -0.464 e. The number of carbonyl (C=O) groups excluding carboxylic acids is 1. The topological polar surface area (TPSA) is 64.1 Å². The molecule has 0 fully saturated rings. The van der Waals surface area contributed by atoms with Crippen molar-refractivity contribution in [2.24, 2.45) is 0 Å². The Balaban J connectivity index is 1.81. The van der Waals surface area contributed by atoms with Gasteiger partial charge in [0.2, 0.25) is 0 Å². The van der Waals surface area contributed by atoms with E-state index in [0.29, 0.717) is 5.82 Å². The van der Waals surface area contributed by atoms with Crippen molar-refractivity contribution in [3.8, 4) is 0 Å². The van der Waals surface area contributed by atoms with E-state index in [4.69, 9.17) is 0 Å². The fraction of sp³-hybridized carbons (Fsp3) is 0.462. The maximum atomic E-state index is 11.2. The van der Waals surface area contributed by atoms with E-state index in [1.54, 1.807) is 6.20 Å². The Kier molecular flexibility index (Phi) is 4.28. The van der Waals surface area contributed by atoms with Gasteiger partial charge in [-0.2, -0.15) is 0 Å². The molecule has 1 heterocycles. The molecule has 18 heavy (non-hydrogen) atoms. The molecular formula is C13H17N3O2. The molecule has 0 aliphatic heterocycles. The Morgan fingerprint density at radius 3 is 2.94 bits per heavy atom. The summed E-state index contributed by atoms with van der Waals surface area (Å²) in [6.07, 6.45) is 10.0. The molecule has 96 valence electrons. The van der Waals surface area contributed by atoms with Crippen molar-refractivity contribution in [3.05, 3.63) is 29.7 Å². The van der Waals surface area contributed by atoms with Crippen LogP contribution in [0.5, 0.6) is 0 Å². The smallest absolute Gasteiger partial charge is 0.358 e. The van der Waals surface area contributed by atoms with Crippen LogP contribution in [0, 0.1) is 0 Å². The van der Waals surface area contributed by atoms with Gasteiger partial charge in [0, 0.05) is 6.54 Å². The van der Waals surface area contributed by atoms with E-state index < -0.39 is 5.97 Å². The van der Waals surface area contributed by atoms with Crippen molar-refractivity contribution in [1.29, 1.82) is 0 Å². The molecule has 1 aromatic rings. The normalized spacial score (nSPS) is 14.2. The Bertz CT molecular complexity index is 440. The highest BCUT2D eigenvalue weighted by atomic mass is 16.5. The van der Waals surface area contributed by atoms with Crippen LogP contribution >= 0.6 is 0 Å².